The fraction of sp³-hybridized carbons (Fsp3) is 0.300. The topological polar surface area (TPSA) is 49.4 Å². The van der Waals surface area contributed by atoms with E-state index in [4.69, 9.17) is 0 Å². The maximum absolute atomic E-state index is 12.9. The number of carbonyl (C=O) groups excluding carboxylic acids is 2. The molecule has 6 heteroatoms. The average Bonchev–Trinajstić information content (AvgIpc) is 2.68. The molecule has 1 saturated heterocycles. The predicted octanol–water partition coefficient (Wildman–Crippen LogP) is 4.18. The number of carbonyl (C=O) groups is 2. The van der Waals surface area contributed by atoms with Crippen LogP contribution in [0.1, 0.15) is 29.6 Å². The van der Waals surface area contributed by atoms with Crippen LogP contribution in [0.5, 0.6) is 0 Å². The Morgan fingerprint density at radius 2 is 1.69 bits per heavy atom. The molecule has 1 fully saturated rings. The molecular weight excluding hydrogens is 351 g/mol. The smallest absolute Gasteiger partial charge is 0.255 e. The van der Waals surface area contributed by atoms with Gasteiger partial charge in [0.1, 0.15) is 5.82 Å². The number of anilines is 1. The first-order chi connectivity index (χ1) is 12.6. The highest BCUT2D eigenvalue weighted by molar-refractivity contribution is 8.00. The van der Waals surface area contributed by atoms with Crippen LogP contribution in [0.4, 0.5) is 10.1 Å². The first-order valence-corrected chi connectivity index (χ1v) is 9.68. The second kappa shape index (κ2) is 8.85. The number of benzene rings is 2. The molecule has 136 valence electrons. The Labute approximate surface area is 156 Å². The number of halogens is 1. The molecule has 0 spiro atoms. The molecule has 0 saturated carbocycles. The molecule has 0 aliphatic carbocycles. The first-order valence-electron chi connectivity index (χ1n) is 8.70. The van der Waals surface area contributed by atoms with Crippen molar-refractivity contribution < 1.29 is 14.0 Å². The first kappa shape index (κ1) is 18.5. The number of piperidine rings is 1. The maximum atomic E-state index is 12.9. The maximum Gasteiger partial charge on any atom is 0.255 e. The fourth-order valence-corrected chi connectivity index (χ4v) is 3.61. The van der Waals surface area contributed by atoms with Gasteiger partial charge in [-0.05, 0) is 55.7 Å². The van der Waals surface area contributed by atoms with Crippen LogP contribution in [0.15, 0.2) is 53.4 Å². The molecule has 1 aliphatic rings. The standard InChI is InChI=1S/C20H21FN2O2S/c21-15-8-10-16(11-9-15)26-14-19(24)22-18-7-3-2-6-17(18)20(25)23-12-4-1-5-13-23/h2-3,6-11H,1,4-5,12-14H2,(H,22,24). The number of rotatable bonds is 5. The lowest BCUT2D eigenvalue weighted by molar-refractivity contribution is -0.113. The number of amides is 2. The van der Waals surface area contributed by atoms with Gasteiger partial charge < -0.3 is 10.2 Å². The molecule has 0 bridgehead atoms. The van der Waals surface area contributed by atoms with Gasteiger partial charge in [-0.3, -0.25) is 9.59 Å². The van der Waals surface area contributed by atoms with Crippen molar-refractivity contribution in [2.24, 2.45) is 0 Å². The van der Waals surface area contributed by atoms with Crippen molar-refractivity contribution in [1.82, 2.24) is 4.90 Å². The Bertz CT molecular complexity index is 774. The minimum atomic E-state index is -0.302. The molecule has 1 N–H and O–H groups in total. The van der Waals surface area contributed by atoms with Gasteiger partial charge in [0, 0.05) is 18.0 Å². The van der Waals surface area contributed by atoms with Crippen molar-refractivity contribution in [2.45, 2.75) is 24.2 Å². The van der Waals surface area contributed by atoms with Crippen molar-refractivity contribution in [3.05, 3.63) is 59.9 Å². The van der Waals surface area contributed by atoms with Crippen LogP contribution >= 0.6 is 11.8 Å². The third kappa shape index (κ3) is 4.85. The van der Waals surface area contributed by atoms with E-state index in [1.165, 1.54) is 23.9 Å². The summed E-state index contributed by atoms with van der Waals surface area (Å²) in [6, 6.07) is 13.1. The number of hydrogen-bond acceptors (Lipinski definition) is 3. The van der Waals surface area contributed by atoms with Crippen molar-refractivity contribution in [3.63, 3.8) is 0 Å². The monoisotopic (exact) mass is 372 g/mol. The van der Waals surface area contributed by atoms with Gasteiger partial charge >= 0.3 is 0 Å². The van der Waals surface area contributed by atoms with E-state index in [-0.39, 0.29) is 23.4 Å². The van der Waals surface area contributed by atoms with Gasteiger partial charge in [-0.2, -0.15) is 0 Å². The van der Waals surface area contributed by atoms with Crippen LogP contribution in [0.3, 0.4) is 0 Å². The highest BCUT2D eigenvalue weighted by Gasteiger charge is 2.21. The van der Waals surface area contributed by atoms with Gasteiger partial charge in [0.2, 0.25) is 5.91 Å². The Balaban J connectivity index is 1.62. The summed E-state index contributed by atoms with van der Waals surface area (Å²) in [7, 11) is 0. The number of para-hydroxylation sites is 1. The van der Waals surface area contributed by atoms with E-state index < -0.39 is 0 Å². The Morgan fingerprint density at radius 1 is 1.00 bits per heavy atom. The normalized spacial score (nSPS) is 14.1. The minimum absolute atomic E-state index is 0.0354. The zero-order valence-corrected chi connectivity index (χ0v) is 15.2. The Hall–Kier alpha value is -2.34. The predicted molar refractivity (Wildman–Crippen MR) is 102 cm³/mol. The summed E-state index contributed by atoms with van der Waals surface area (Å²) in [5, 5.41) is 2.83. The number of nitrogens with zero attached hydrogens (tertiary/aromatic N) is 1. The number of likely N-dealkylation sites (tertiary alicyclic amines) is 1. The highest BCUT2D eigenvalue weighted by Crippen LogP contribution is 2.22. The molecule has 0 radical (unpaired) electrons. The largest absolute Gasteiger partial charge is 0.339 e. The summed E-state index contributed by atoms with van der Waals surface area (Å²) in [6.07, 6.45) is 3.20. The lowest BCUT2D eigenvalue weighted by Crippen LogP contribution is -2.36. The molecule has 2 aromatic rings. The molecule has 2 amide bonds. The third-order valence-electron chi connectivity index (χ3n) is 4.26. The van der Waals surface area contributed by atoms with E-state index in [0.717, 1.165) is 37.2 Å². The molecule has 0 aromatic heterocycles. The van der Waals surface area contributed by atoms with Gasteiger partial charge in [-0.25, -0.2) is 4.39 Å². The third-order valence-corrected chi connectivity index (χ3v) is 5.27. The van der Waals surface area contributed by atoms with Crippen molar-refractivity contribution >= 4 is 29.3 Å². The number of nitrogens with one attached hydrogen (secondary N) is 1. The van der Waals surface area contributed by atoms with Crippen LogP contribution in [-0.2, 0) is 4.79 Å². The van der Waals surface area contributed by atoms with Crippen LogP contribution in [0.25, 0.3) is 0 Å². The average molecular weight is 372 g/mol. The minimum Gasteiger partial charge on any atom is -0.339 e. The van der Waals surface area contributed by atoms with Gasteiger partial charge in [0.05, 0.1) is 17.0 Å². The Morgan fingerprint density at radius 3 is 2.42 bits per heavy atom. The zero-order chi connectivity index (χ0) is 18.4. The molecular formula is C20H21FN2O2S. The van der Waals surface area contributed by atoms with Crippen molar-refractivity contribution in [2.75, 3.05) is 24.2 Å². The molecule has 1 aliphatic heterocycles. The van der Waals surface area contributed by atoms with Crippen LogP contribution in [0.2, 0.25) is 0 Å². The number of thioether (sulfide) groups is 1. The van der Waals surface area contributed by atoms with Crippen molar-refractivity contribution in [3.8, 4) is 0 Å². The van der Waals surface area contributed by atoms with E-state index in [2.05, 4.69) is 5.32 Å². The number of hydrogen-bond donors (Lipinski definition) is 1. The van der Waals surface area contributed by atoms with E-state index in [1.54, 1.807) is 36.4 Å². The second-order valence-electron chi connectivity index (χ2n) is 6.19. The summed E-state index contributed by atoms with van der Waals surface area (Å²) >= 11 is 1.32. The summed E-state index contributed by atoms with van der Waals surface area (Å²) in [6.45, 7) is 1.53. The van der Waals surface area contributed by atoms with Crippen LogP contribution < -0.4 is 5.32 Å². The quantitative estimate of drug-likeness (QED) is 0.801. The molecule has 3 rings (SSSR count). The summed E-state index contributed by atoms with van der Waals surface area (Å²) in [5.74, 6) is -0.341. The molecule has 0 unspecified atom stereocenters. The van der Waals surface area contributed by atoms with E-state index in [0.29, 0.717) is 11.3 Å². The van der Waals surface area contributed by atoms with Gasteiger partial charge in [0.15, 0.2) is 0 Å². The molecule has 4 nitrogen and oxygen atoms in total. The SMILES string of the molecule is O=C(CSc1ccc(F)cc1)Nc1ccccc1C(=O)N1CCCCC1. The molecule has 26 heavy (non-hydrogen) atoms. The molecule has 1 heterocycles. The van der Waals surface area contributed by atoms with Gasteiger partial charge in [0.25, 0.3) is 5.91 Å². The van der Waals surface area contributed by atoms with Gasteiger partial charge in [-0.1, -0.05) is 12.1 Å². The summed E-state index contributed by atoms with van der Waals surface area (Å²) in [4.78, 5) is 27.7. The van der Waals surface area contributed by atoms with Crippen LogP contribution in [-0.4, -0.2) is 35.6 Å². The van der Waals surface area contributed by atoms with Crippen LogP contribution in [0, 0.1) is 5.82 Å². The van der Waals surface area contributed by atoms with E-state index in [1.807, 2.05) is 4.90 Å². The van der Waals surface area contributed by atoms with Crippen molar-refractivity contribution in [1.29, 1.82) is 0 Å². The summed E-state index contributed by atoms with van der Waals surface area (Å²) in [5.41, 5.74) is 1.06. The Kier molecular flexibility index (Phi) is 6.28. The lowest BCUT2D eigenvalue weighted by atomic mass is 10.1. The summed E-state index contributed by atoms with van der Waals surface area (Å²) < 4.78 is 12.9. The van der Waals surface area contributed by atoms with E-state index in [9.17, 15) is 14.0 Å². The fourth-order valence-electron chi connectivity index (χ4n) is 2.91. The van der Waals surface area contributed by atoms with E-state index >= 15 is 0 Å². The van der Waals surface area contributed by atoms with Gasteiger partial charge in [-0.15, -0.1) is 11.8 Å². The molecule has 2 aromatic carbocycles. The second-order valence-corrected chi connectivity index (χ2v) is 7.24. The zero-order valence-electron chi connectivity index (χ0n) is 14.4. The highest BCUT2D eigenvalue weighted by atomic mass is 32.2. The molecule has 0 atom stereocenters. The lowest BCUT2D eigenvalue weighted by Gasteiger charge is -2.27.